The number of carbonyl (C=O) groups excluding carboxylic acids is 2. The summed E-state index contributed by atoms with van der Waals surface area (Å²) in [6.07, 6.45) is 2.11. The lowest BCUT2D eigenvalue weighted by molar-refractivity contribution is 0.0843. The molecule has 0 radical (unpaired) electrons. The van der Waals surface area contributed by atoms with Gasteiger partial charge in [-0.15, -0.1) is 0 Å². The number of nitrogens with one attached hydrogen (secondary N) is 1. The van der Waals surface area contributed by atoms with Gasteiger partial charge in [-0.25, -0.2) is 9.78 Å². The molecule has 0 saturated carbocycles. The van der Waals surface area contributed by atoms with Gasteiger partial charge >= 0.3 is 6.09 Å². The summed E-state index contributed by atoms with van der Waals surface area (Å²) in [7, 11) is 1.39. The van der Waals surface area contributed by atoms with Crippen molar-refractivity contribution >= 4 is 12.0 Å². The van der Waals surface area contributed by atoms with Crippen molar-refractivity contribution in [3.63, 3.8) is 0 Å². The quantitative estimate of drug-likeness (QED) is 0.882. The standard InChI is InChI=1S/C18H29N3O4/c1-11(2)10-15-19-13(4)16(25-15)17(22)20-12(3)14-6-8-21(9-7-14)18(23)24-5/h11-12,14H,6-10H2,1-5H3,(H,20,22)/t12-/m0/s1. The molecule has 25 heavy (non-hydrogen) atoms. The Hall–Kier alpha value is -2.05. The Morgan fingerprint density at radius 3 is 2.52 bits per heavy atom. The molecule has 0 aromatic carbocycles. The van der Waals surface area contributed by atoms with Gasteiger partial charge in [0.25, 0.3) is 5.91 Å². The summed E-state index contributed by atoms with van der Waals surface area (Å²) in [5.41, 5.74) is 0.626. The fourth-order valence-electron chi connectivity index (χ4n) is 3.20. The van der Waals surface area contributed by atoms with E-state index in [4.69, 9.17) is 9.15 Å². The van der Waals surface area contributed by atoms with Crippen LogP contribution in [0.2, 0.25) is 0 Å². The zero-order valence-electron chi connectivity index (χ0n) is 15.8. The van der Waals surface area contributed by atoms with E-state index in [2.05, 4.69) is 24.1 Å². The number of aryl methyl sites for hydroxylation is 1. The first-order valence-electron chi connectivity index (χ1n) is 8.91. The second kappa shape index (κ2) is 8.36. The molecule has 2 heterocycles. The summed E-state index contributed by atoms with van der Waals surface area (Å²) in [5.74, 6) is 1.44. The van der Waals surface area contributed by atoms with Crippen LogP contribution in [0.3, 0.4) is 0 Å². The second-order valence-electron chi connectivity index (χ2n) is 7.18. The Morgan fingerprint density at radius 1 is 1.32 bits per heavy atom. The largest absolute Gasteiger partial charge is 0.453 e. The summed E-state index contributed by atoms with van der Waals surface area (Å²) < 4.78 is 10.4. The van der Waals surface area contributed by atoms with Crippen LogP contribution in [0.15, 0.2) is 4.42 Å². The van der Waals surface area contributed by atoms with E-state index in [0.717, 1.165) is 19.3 Å². The molecule has 0 unspecified atom stereocenters. The third-order valence-corrected chi connectivity index (χ3v) is 4.67. The number of carbonyl (C=O) groups is 2. The Morgan fingerprint density at radius 2 is 1.96 bits per heavy atom. The summed E-state index contributed by atoms with van der Waals surface area (Å²) in [6.45, 7) is 9.26. The lowest BCUT2D eigenvalue weighted by Gasteiger charge is -2.34. The third-order valence-electron chi connectivity index (χ3n) is 4.67. The maximum absolute atomic E-state index is 12.5. The van der Waals surface area contributed by atoms with Gasteiger partial charge in [-0.3, -0.25) is 4.79 Å². The number of hydrogen-bond acceptors (Lipinski definition) is 5. The maximum Gasteiger partial charge on any atom is 0.409 e. The first kappa shape index (κ1) is 19.3. The summed E-state index contributed by atoms with van der Waals surface area (Å²) >= 11 is 0. The molecule has 2 amide bonds. The molecule has 0 aliphatic carbocycles. The highest BCUT2D eigenvalue weighted by molar-refractivity contribution is 5.92. The van der Waals surface area contributed by atoms with E-state index in [1.54, 1.807) is 11.8 Å². The summed E-state index contributed by atoms with van der Waals surface area (Å²) in [4.78, 5) is 30.1. The first-order valence-corrected chi connectivity index (χ1v) is 8.91. The molecule has 2 rings (SSSR count). The smallest absolute Gasteiger partial charge is 0.409 e. The molecule has 1 fully saturated rings. The molecular weight excluding hydrogens is 322 g/mol. The van der Waals surface area contributed by atoms with Gasteiger partial charge in [0.15, 0.2) is 5.89 Å². The van der Waals surface area contributed by atoms with Crippen LogP contribution in [0.4, 0.5) is 4.79 Å². The minimum absolute atomic E-state index is 0.00495. The van der Waals surface area contributed by atoms with Crippen molar-refractivity contribution in [2.45, 2.75) is 53.0 Å². The molecule has 1 saturated heterocycles. The lowest BCUT2D eigenvalue weighted by atomic mass is 9.90. The normalized spacial score (nSPS) is 16.8. The van der Waals surface area contributed by atoms with Crippen molar-refractivity contribution in [1.82, 2.24) is 15.2 Å². The van der Waals surface area contributed by atoms with Gasteiger partial charge in [-0.05, 0) is 38.5 Å². The monoisotopic (exact) mass is 351 g/mol. The van der Waals surface area contributed by atoms with Crippen LogP contribution in [0.5, 0.6) is 0 Å². The van der Waals surface area contributed by atoms with E-state index < -0.39 is 0 Å². The number of nitrogens with zero attached hydrogens (tertiary/aromatic N) is 2. The summed E-state index contributed by atoms with van der Waals surface area (Å²) in [5, 5.41) is 3.02. The van der Waals surface area contributed by atoms with Crippen molar-refractivity contribution < 1.29 is 18.7 Å². The number of oxazole rings is 1. The minimum atomic E-state index is -0.287. The number of ether oxygens (including phenoxy) is 1. The average Bonchev–Trinajstić information content (AvgIpc) is 2.93. The maximum atomic E-state index is 12.5. The Labute approximate surface area is 149 Å². The third kappa shape index (κ3) is 4.96. The van der Waals surface area contributed by atoms with Crippen molar-refractivity contribution in [1.29, 1.82) is 0 Å². The van der Waals surface area contributed by atoms with Crippen LogP contribution in [0, 0.1) is 18.8 Å². The molecule has 7 heteroatoms. The van der Waals surface area contributed by atoms with Gasteiger partial charge < -0.3 is 19.4 Å². The second-order valence-corrected chi connectivity index (χ2v) is 7.18. The van der Waals surface area contributed by atoms with Crippen molar-refractivity contribution in [3.05, 3.63) is 17.3 Å². The lowest BCUT2D eigenvalue weighted by Crippen LogP contribution is -2.45. The fourth-order valence-corrected chi connectivity index (χ4v) is 3.20. The van der Waals surface area contributed by atoms with Crippen LogP contribution in [0.1, 0.15) is 55.8 Å². The average molecular weight is 351 g/mol. The van der Waals surface area contributed by atoms with E-state index in [9.17, 15) is 9.59 Å². The van der Waals surface area contributed by atoms with Gasteiger partial charge in [-0.2, -0.15) is 0 Å². The highest BCUT2D eigenvalue weighted by Crippen LogP contribution is 2.22. The van der Waals surface area contributed by atoms with Crippen molar-refractivity contribution in [2.75, 3.05) is 20.2 Å². The van der Waals surface area contributed by atoms with E-state index in [1.165, 1.54) is 7.11 Å². The summed E-state index contributed by atoms with van der Waals surface area (Å²) in [6, 6.07) is 0.00495. The fraction of sp³-hybridized carbons (Fsp3) is 0.722. The molecule has 0 bridgehead atoms. The van der Waals surface area contributed by atoms with Gasteiger partial charge in [0.05, 0.1) is 12.8 Å². The highest BCUT2D eigenvalue weighted by atomic mass is 16.5. The van der Waals surface area contributed by atoms with E-state index in [-0.39, 0.29) is 18.0 Å². The number of methoxy groups -OCH3 is 1. The Balaban J connectivity index is 1.90. The zero-order valence-corrected chi connectivity index (χ0v) is 15.8. The molecule has 1 aliphatic heterocycles. The Bertz CT molecular complexity index is 603. The topological polar surface area (TPSA) is 84.7 Å². The van der Waals surface area contributed by atoms with Crippen LogP contribution in [-0.2, 0) is 11.2 Å². The molecule has 1 N–H and O–H groups in total. The van der Waals surface area contributed by atoms with Crippen molar-refractivity contribution in [3.8, 4) is 0 Å². The number of amides is 2. The van der Waals surface area contributed by atoms with E-state index in [1.807, 2.05) is 6.92 Å². The van der Waals surface area contributed by atoms with Gasteiger partial charge in [0, 0.05) is 25.6 Å². The number of piperidine rings is 1. The molecule has 1 aromatic rings. The number of aromatic nitrogens is 1. The van der Waals surface area contributed by atoms with Crippen LogP contribution < -0.4 is 5.32 Å². The highest BCUT2D eigenvalue weighted by Gasteiger charge is 2.28. The SMILES string of the molecule is COC(=O)N1CCC([C@H](C)NC(=O)c2oc(CC(C)C)nc2C)CC1. The van der Waals surface area contributed by atoms with E-state index in [0.29, 0.717) is 42.3 Å². The molecule has 140 valence electrons. The number of rotatable bonds is 5. The number of hydrogen-bond donors (Lipinski definition) is 1. The van der Waals surface area contributed by atoms with Crippen LogP contribution in [0.25, 0.3) is 0 Å². The van der Waals surface area contributed by atoms with Gasteiger partial charge in [0.2, 0.25) is 5.76 Å². The van der Waals surface area contributed by atoms with Crippen LogP contribution >= 0.6 is 0 Å². The molecule has 7 nitrogen and oxygen atoms in total. The predicted molar refractivity (Wildman–Crippen MR) is 93.4 cm³/mol. The number of likely N-dealkylation sites (tertiary alicyclic amines) is 1. The zero-order chi connectivity index (χ0) is 18.6. The van der Waals surface area contributed by atoms with Gasteiger partial charge in [-0.1, -0.05) is 13.8 Å². The van der Waals surface area contributed by atoms with Crippen LogP contribution in [-0.4, -0.2) is 48.1 Å². The minimum Gasteiger partial charge on any atom is -0.453 e. The first-order chi connectivity index (χ1) is 11.8. The molecular formula is C18H29N3O4. The molecule has 1 aliphatic rings. The van der Waals surface area contributed by atoms with Gasteiger partial charge in [0.1, 0.15) is 0 Å². The Kier molecular flexibility index (Phi) is 6.45. The van der Waals surface area contributed by atoms with Crippen molar-refractivity contribution in [2.24, 2.45) is 11.8 Å². The predicted octanol–water partition coefficient (Wildman–Crippen LogP) is 2.78. The molecule has 1 atom stereocenters. The molecule has 1 aromatic heterocycles. The molecule has 0 spiro atoms. The van der Waals surface area contributed by atoms with E-state index >= 15 is 0 Å².